The maximum absolute atomic E-state index is 12.8. The lowest BCUT2D eigenvalue weighted by atomic mass is 9.79. The van der Waals surface area contributed by atoms with Crippen LogP contribution >= 0.6 is 11.6 Å². The molecule has 1 aromatic rings. The number of carbonyl (C=O) groups excluding carboxylic acids is 1. The Hall–Kier alpha value is -1.77. The predicted octanol–water partition coefficient (Wildman–Crippen LogP) is 3.36. The number of anilines is 1. The van der Waals surface area contributed by atoms with E-state index >= 15 is 0 Å². The molecule has 2 fully saturated rings. The number of benzene rings is 1. The van der Waals surface area contributed by atoms with Gasteiger partial charge in [-0.25, -0.2) is 0 Å². The number of nitriles is 1. The Bertz CT molecular complexity index is 716. The molecule has 1 aromatic carbocycles. The molecular weight excluding hydrogens is 350 g/mol. The Morgan fingerprint density at radius 3 is 2.62 bits per heavy atom. The largest absolute Gasteiger partial charge is 0.384 e. The van der Waals surface area contributed by atoms with Crippen LogP contribution < -0.4 is 10.2 Å². The first-order valence-corrected chi connectivity index (χ1v) is 9.51. The third-order valence-electron chi connectivity index (χ3n) is 5.87. The third kappa shape index (κ3) is 3.97. The number of rotatable bonds is 6. The minimum Gasteiger partial charge on any atom is -0.384 e. The number of nitrogens with zero attached hydrogens (tertiary/aromatic N) is 2. The van der Waals surface area contributed by atoms with Crippen LogP contribution in [0, 0.1) is 22.2 Å². The summed E-state index contributed by atoms with van der Waals surface area (Å²) in [6.07, 6.45) is 3.78. The van der Waals surface area contributed by atoms with Crippen LogP contribution in [0.15, 0.2) is 18.2 Å². The summed E-state index contributed by atoms with van der Waals surface area (Å²) in [5.74, 6) is 0.135. The molecule has 5 nitrogen and oxygen atoms in total. The minimum absolute atomic E-state index is 0.135. The zero-order valence-corrected chi connectivity index (χ0v) is 16.2. The first-order valence-electron chi connectivity index (χ1n) is 9.13. The van der Waals surface area contributed by atoms with Crippen molar-refractivity contribution in [1.29, 1.82) is 5.26 Å². The van der Waals surface area contributed by atoms with Crippen molar-refractivity contribution in [1.82, 2.24) is 5.32 Å². The summed E-state index contributed by atoms with van der Waals surface area (Å²) in [4.78, 5) is 14.9. The summed E-state index contributed by atoms with van der Waals surface area (Å²) < 4.78 is 5.27. The Balaban J connectivity index is 1.58. The van der Waals surface area contributed by atoms with Gasteiger partial charge in [-0.3, -0.25) is 4.79 Å². The van der Waals surface area contributed by atoms with Gasteiger partial charge in [0, 0.05) is 42.6 Å². The van der Waals surface area contributed by atoms with Gasteiger partial charge < -0.3 is 15.0 Å². The molecule has 1 heterocycles. The second-order valence-electron chi connectivity index (χ2n) is 7.94. The van der Waals surface area contributed by atoms with E-state index in [-0.39, 0.29) is 16.7 Å². The van der Waals surface area contributed by atoms with Gasteiger partial charge in [-0.2, -0.15) is 5.26 Å². The molecule has 1 saturated carbocycles. The van der Waals surface area contributed by atoms with Gasteiger partial charge in [-0.1, -0.05) is 18.5 Å². The second kappa shape index (κ2) is 7.46. The molecule has 0 atom stereocenters. The van der Waals surface area contributed by atoms with Crippen molar-refractivity contribution in [3.8, 4) is 6.07 Å². The molecule has 6 heteroatoms. The maximum Gasteiger partial charge on any atom is 0.226 e. The van der Waals surface area contributed by atoms with Crippen LogP contribution in [0.3, 0.4) is 0 Å². The normalized spacial score (nSPS) is 20.3. The Kier molecular flexibility index (Phi) is 5.45. The van der Waals surface area contributed by atoms with Crippen molar-refractivity contribution >= 4 is 23.2 Å². The molecule has 1 aliphatic heterocycles. The van der Waals surface area contributed by atoms with Crippen molar-refractivity contribution in [2.24, 2.45) is 10.8 Å². The summed E-state index contributed by atoms with van der Waals surface area (Å²) in [6, 6.07) is 7.62. The lowest BCUT2D eigenvalue weighted by Crippen LogP contribution is -2.48. The smallest absolute Gasteiger partial charge is 0.226 e. The molecule has 3 rings (SSSR count). The summed E-state index contributed by atoms with van der Waals surface area (Å²) in [5, 5.41) is 13.1. The van der Waals surface area contributed by atoms with Gasteiger partial charge in [0.05, 0.1) is 17.9 Å². The molecule has 1 aliphatic carbocycles. The molecule has 1 N–H and O–H groups in total. The summed E-state index contributed by atoms with van der Waals surface area (Å²) in [5.41, 5.74) is 1.28. The van der Waals surface area contributed by atoms with Gasteiger partial charge in [0.2, 0.25) is 5.91 Å². The average Bonchev–Trinajstić information content (AvgIpc) is 3.40. The zero-order valence-electron chi connectivity index (χ0n) is 15.5. The lowest BCUT2D eigenvalue weighted by Gasteiger charge is -2.39. The van der Waals surface area contributed by atoms with E-state index in [0.717, 1.165) is 44.5 Å². The van der Waals surface area contributed by atoms with Crippen LogP contribution in [0.5, 0.6) is 0 Å². The maximum atomic E-state index is 12.8. The highest BCUT2D eigenvalue weighted by atomic mass is 35.5. The number of ether oxygens (including phenoxy) is 1. The predicted molar refractivity (Wildman–Crippen MR) is 102 cm³/mol. The number of hydrogen-bond acceptors (Lipinski definition) is 4. The Morgan fingerprint density at radius 2 is 2.04 bits per heavy atom. The fourth-order valence-electron chi connectivity index (χ4n) is 3.68. The van der Waals surface area contributed by atoms with Crippen molar-refractivity contribution in [2.75, 3.05) is 38.3 Å². The molecule has 140 valence electrons. The molecule has 2 aliphatic rings. The van der Waals surface area contributed by atoms with Crippen LogP contribution in [0.4, 0.5) is 5.69 Å². The SMILES string of the molecule is COCC1(CNC(=O)C2(C)CCN(c3ccc(Cl)cc3C#N)CC2)CC1. The van der Waals surface area contributed by atoms with Crippen molar-refractivity contribution in [3.05, 3.63) is 28.8 Å². The van der Waals surface area contributed by atoms with E-state index in [4.69, 9.17) is 16.3 Å². The highest BCUT2D eigenvalue weighted by Crippen LogP contribution is 2.45. The van der Waals surface area contributed by atoms with E-state index in [0.29, 0.717) is 23.7 Å². The fraction of sp³-hybridized carbons (Fsp3) is 0.600. The van der Waals surface area contributed by atoms with Gasteiger partial charge in [0.25, 0.3) is 0 Å². The summed E-state index contributed by atoms with van der Waals surface area (Å²) in [7, 11) is 1.71. The highest BCUT2D eigenvalue weighted by molar-refractivity contribution is 6.30. The third-order valence-corrected chi connectivity index (χ3v) is 6.10. The Morgan fingerprint density at radius 1 is 1.35 bits per heavy atom. The topological polar surface area (TPSA) is 65.4 Å². The van der Waals surface area contributed by atoms with E-state index in [9.17, 15) is 10.1 Å². The molecule has 0 spiro atoms. The van der Waals surface area contributed by atoms with Gasteiger partial charge >= 0.3 is 0 Å². The standard InChI is InChI=1S/C20H26ClN3O2/c1-19(18(25)23-13-20(5-6-20)14-26-2)7-9-24(10-8-19)17-4-3-16(21)11-15(17)12-22/h3-4,11H,5-10,13-14H2,1-2H3,(H,23,25). The van der Waals surface area contributed by atoms with Crippen LogP contribution in [-0.4, -0.2) is 39.3 Å². The van der Waals surface area contributed by atoms with E-state index in [2.05, 4.69) is 16.3 Å². The highest BCUT2D eigenvalue weighted by Gasteiger charge is 2.44. The van der Waals surface area contributed by atoms with Crippen LogP contribution in [-0.2, 0) is 9.53 Å². The van der Waals surface area contributed by atoms with Crippen molar-refractivity contribution in [3.63, 3.8) is 0 Å². The molecule has 1 saturated heterocycles. The fourth-order valence-corrected chi connectivity index (χ4v) is 3.85. The molecule has 0 bridgehead atoms. The molecule has 0 unspecified atom stereocenters. The van der Waals surface area contributed by atoms with E-state index in [1.807, 2.05) is 19.1 Å². The number of halogens is 1. The minimum atomic E-state index is -0.362. The second-order valence-corrected chi connectivity index (χ2v) is 8.37. The first kappa shape index (κ1) is 19.0. The monoisotopic (exact) mass is 375 g/mol. The van der Waals surface area contributed by atoms with Gasteiger partial charge in [0.1, 0.15) is 6.07 Å². The molecule has 1 amide bonds. The average molecular weight is 376 g/mol. The van der Waals surface area contributed by atoms with Gasteiger partial charge in [-0.15, -0.1) is 0 Å². The quantitative estimate of drug-likeness (QED) is 0.827. The van der Waals surface area contributed by atoms with Crippen LogP contribution in [0.1, 0.15) is 38.2 Å². The van der Waals surface area contributed by atoms with Gasteiger partial charge in [-0.05, 0) is 43.9 Å². The van der Waals surface area contributed by atoms with E-state index in [1.54, 1.807) is 13.2 Å². The molecular formula is C20H26ClN3O2. The van der Waals surface area contributed by atoms with Crippen LogP contribution in [0.2, 0.25) is 5.02 Å². The Labute approximate surface area is 160 Å². The van der Waals surface area contributed by atoms with E-state index in [1.165, 1.54) is 0 Å². The van der Waals surface area contributed by atoms with Gasteiger partial charge in [0.15, 0.2) is 0 Å². The number of carbonyl (C=O) groups is 1. The van der Waals surface area contributed by atoms with Crippen LogP contribution in [0.25, 0.3) is 0 Å². The summed E-state index contributed by atoms with van der Waals surface area (Å²) in [6.45, 7) is 4.97. The van der Waals surface area contributed by atoms with E-state index < -0.39 is 0 Å². The van der Waals surface area contributed by atoms with Crippen molar-refractivity contribution in [2.45, 2.75) is 32.6 Å². The summed E-state index contributed by atoms with van der Waals surface area (Å²) >= 11 is 5.99. The molecule has 0 radical (unpaired) electrons. The molecule has 26 heavy (non-hydrogen) atoms. The number of hydrogen-bond donors (Lipinski definition) is 1. The molecule has 0 aromatic heterocycles. The zero-order chi connectivity index (χ0) is 18.8. The lowest BCUT2D eigenvalue weighted by molar-refractivity contribution is -0.131. The number of amides is 1. The number of methoxy groups -OCH3 is 1. The first-order chi connectivity index (χ1) is 12.4. The number of nitrogens with one attached hydrogen (secondary N) is 1. The number of piperidine rings is 1. The van der Waals surface area contributed by atoms with Crippen molar-refractivity contribution < 1.29 is 9.53 Å².